The molecule has 216 valence electrons. The van der Waals surface area contributed by atoms with Crippen LogP contribution >= 0.6 is 11.3 Å². The van der Waals surface area contributed by atoms with E-state index >= 15 is 4.39 Å². The Bertz CT molecular complexity index is 1650. The summed E-state index contributed by atoms with van der Waals surface area (Å²) < 4.78 is 33.3. The van der Waals surface area contributed by atoms with Crippen LogP contribution < -0.4 is 15.0 Å². The molecule has 0 saturated carbocycles. The van der Waals surface area contributed by atoms with Crippen LogP contribution in [-0.4, -0.2) is 46.8 Å². The highest BCUT2D eigenvalue weighted by Crippen LogP contribution is 2.39. The van der Waals surface area contributed by atoms with Crippen molar-refractivity contribution in [2.75, 3.05) is 18.8 Å². The van der Waals surface area contributed by atoms with Crippen molar-refractivity contribution in [3.05, 3.63) is 82.1 Å². The quantitative estimate of drug-likeness (QED) is 0.257. The van der Waals surface area contributed by atoms with Gasteiger partial charge in [-0.05, 0) is 41.8 Å². The number of aliphatic carboxylic acids is 1. The average molecular weight is 593 g/mol. The number of carbonyl (C=O) groups is 3. The van der Waals surface area contributed by atoms with Gasteiger partial charge in [-0.1, -0.05) is 41.7 Å². The number of amides is 2. The third-order valence-corrected chi connectivity index (χ3v) is 7.76. The third-order valence-electron chi connectivity index (χ3n) is 6.92. The fourth-order valence-electron chi connectivity index (χ4n) is 4.86. The van der Waals surface area contributed by atoms with Crippen LogP contribution in [0, 0.1) is 11.0 Å². The predicted molar refractivity (Wildman–Crippen MR) is 152 cm³/mol. The molecule has 0 spiro atoms. The topological polar surface area (TPSA) is 122 Å². The molecule has 4 aromatic rings. The lowest BCUT2D eigenvalue weighted by molar-refractivity contribution is -0.141. The monoisotopic (exact) mass is 592 g/mol. The summed E-state index contributed by atoms with van der Waals surface area (Å²) >= 11 is 0.734. The van der Waals surface area contributed by atoms with Crippen LogP contribution in [0.25, 0.3) is 22.4 Å². The van der Waals surface area contributed by atoms with Gasteiger partial charge in [0.1, 0.15) is 22.3 Å². The number of carbonyl (C=O) groups excluding carboxylic acids is 2. The molecular weight excluding hydrogens is 566 g/mol. The molecule has 2 aromatic heterocycles. The number of ether oxygens (including phenoxy) is 1. The number of alkyl halides is 1. The number of hydrogen-bond donors (Lipinski definition) is 2. The first-order valence-electron chi connectivity index (χ1n) is 13.0. The maximum Gasteiger partial charge on any atom is 0.304 e. The lowest BCUT2D eigenvalue weighted by atomic mass is 9.95. The molecule has 0 saturated heterocycles. The number of benzene rings is 2. The highest BCUT2D eigenvalue weighted by atomic mass is 32.1. The maximum atomic E-state index is 15.4. The molecule has 5 rings (SSSR count). The summed E-state index contributed by atoms with van der Waals surface area (Å²) in [6, 6.07) is 15.5. The summed E-state index contributed by atoms with van der Waals surface area (Å²) in [6.45, 7) is -1.19. The van der Waals surface area contributed by atoms with Crippen molar-refractivity contribution in [3.63, 3.8) is 0 Å². The fraction of sp³-hybridized carbons (Fsp3) is 0.233. The zero-order chi connectivity index (χ0) is 29.8. The number of halogens is 2. The molecular formula is C30H26F2N4O5S. The van der Waals surface area contributed by atoms with Gasteiger partial charge in [-0.25, -0.2) is 14.4 Å². The zero-order valence-corrected chi connectivity index (χ0v) is 23.3. The molecule has 2 aromatic carbocycles. The number of nitrogens with zero attached hydrogens (tertiary/aromatic N) is 3. The third kappa shape index (κ3) is 6.28. The van der Waals surface area contributed by atoms with Crippen LogP contribution in [0.15, 0.2) is 60.8 Å². The fourth-order valence-corrected chi connectivity index (χ4v) is 5.61. The van der Waals surface area contributed by atoms with Gasteiger partial charge in [0.05, 0.1) is 25.3 Å². The van der Waals surface area contributed by atoms with E-state index in [0.29, 0.717) is 22.5 Å². The smallest absolute Gasteiger partial charge is 0.304 e. The SMILES string of the molecule is CN1C(=O)Cc2cc(-c3ccc(OCF)cc3-c3nc(CNC(=O)[C@@H](CC(=O)O)Cc4ccccc4)sc3F)cnc21. The number of pyridine rings is 1. The number of nitrogens with one attached hydrogen (secondary N) is 1. The summed E-state index contributed by atoms with van der Waals surface area (Å²) in [6.07, 6.45) is 1.63. The Kier molecular flexibility index (Phi) is 8.53. The second-order valence-corrected chi connectivity index (χ2v) is 10.8. The van der Waals surface area contributed by atoms with E-state index in [1.807, 2.05) is 30.3 Å². The van der Waals surface area contributed by atoms with Crippen LogP contribution in [0.4, 0.5) is 14.6 Å². The van der Waals surface area contributed by atoms with Crippen LogP contribution in [0.3, 0.4) is 0 Å². The minimum absolute atomic E-state index is 0.0244. The molecule has 42 heavy (non-hydrogen) atoms. The number of hydrogen-bond acceptors (Lipinski definition) is 7. The van der Waals surface area contributed by atoms with E-state index < -0.39 is 29.8 Å². The van der Waals surface area contributed by atoms with E-state index in [4.69, 9.17) is 4.74 Å². The molecule has 1 aliphatic rings. The lowest BCUT2D eigenvalue weighted by Gasteiger charge is -2.14. The number of carboxylic acids is 1. The summed E-state index contributed by atoms with van der Waals surface area (Å²) in [5, 5.41) is 11.6. The van der Waals surface area contributed by atoms with Crippen molar-refractivity contribution >= 4 is 34.9 Å². The van der Waals surface area contributed by atoms with E-state index in [1.54, 1.807) is 31.4 Å². The largest absolute Gasteiger partial charge is 0.481 e. The van der Waals surface area contributed by atoms with Crippen molar-refractivity contribution in [3.8, 4) is 28.1 Å². The highest BCUT2D eigenvalue weighted by molar-refractivity contribution is 7.10. The molecule has 0 radical (unpaired) electrons. The van der Waals surface area contributed by atoms with Crippen molar-refractivity contribution in [2.45, 2.75) is 25.8 Å². The first-order valence-corrected chi connectivity index (χ1v) is 13.8. The van der Waals surface area contributed by atoms with Gasteiger partial charge < -0.3 is 15.2 Å². The van der Waals surface area contributed by atoms with Crippen molar-refractivity contribution < 1.29 is 33.0 Å². The van der Waals surface area contributed by atoms with Gasteiger partial charge in [-0.15, -0.1) is 0 Å². The number of carboxylic acid groups (broad SMARTS) is 1. The second kappa shape index (κ2) is 12.4. The molecule has 0 fully saturated rings. The maximum absolute atomic E-state index is 15.4. The minimum atomic E-state index is -1.10. The number of thiazole rings is 1. The van der Waals surface area contributed by atoms with Crippen LogP contribution in [0.5, 0.6) is 5.75 Å². The number of rotatable bonds is 11. The lowest BCUT2D eigenvalue weighted by Crippen LogP contribution is -2.33. The van der Waals surface area contributed by atoms with Crippen molar-refractivity contribution in [1.29, 1.82) is 0 Å². The van der Waals surface area contributed by atoms with Crippen LogP contribution in [0.2, 0.25) is 0 Å². The molecule has 0 bridgehead atoms. The first-order chi connectivity index (χ1) is 20.2. The molecule has 2 amide bonds. The molecule has 0 aliphatic carbocycles. The number of anilines is 1. The number of aromatic nitrogens is 2. The second-order valence-electron chi connectivity index (χ2n) is 9.73. The van der Waals surface area contributed by atoms with Crippen molar-refractivity contribution in [1.82, 2.24) is 15.3 Å². The van der Waals surface area contributed by atoms with Gasteiger partial charge in [0.15, 0.2) is 0 Å². The number of likely N-dealkylation sites (N-methyl/N-ethyl adjacent to an activating group) is 1. The van der Waals surface area contributed by atoms with Crippen molar-refractivity contribution in [2.24, 2.45) is 5.92 Å². The van der Waals surface area contributed by atoms with E-state index in [2.05, 4.69) is 15.3 Å². The molecule has 0 unspecified atom stereocenters. The van der Waals surface area contributed by atoms with Crippen LogP contribution in [-0.2, 0) is 33.8 Å². The Labute approximate surface area is 243 Å². The standard InChI is InChI=1S/C30H26F2N4O5S/c1-36-25(37)11-18-10-20(14-33-29(18)36)22-8-7-21(41-16-31)13-23(22)27-28(32)42-24(35-27)15-34-30(40)19(12-26(38)39)9-17-5-3-2-4-6-17/h2-8,10,13-14,19H,9,11-12,15-16H2,1H3,(H,34,40)(H,38,39)/t19-/m1/s1. The van der Waals surface area contributed by atoms with Gasteiger partial charge in [-0.2, -0.15) is 4.39 Å². The predicted octanol–water partition coefficient (Wildman–Crippen LogP) is 4.79. The van der Waals surface area contributed by atoms with Gasteiger partial charge >= 0.3 is 5.97 Å². The Balaban J connectivity index is 1.40. The Hall–Kier alpha value is -4.71. The highest BCUT2D eigenvalue weighted by Gasteiger charge is 2.27. The normalized spacial score (nSPS) is 13.1. The van der Waals surface area contributed by atoms with Crippen LogP contribution in [0.1, 0.15) is 22.6 Å². The van der Waals surface area contributed by atoms with Gasteiger partial charge in [0.25, 0.3) is 0 Å². The van der Waals surface area contributed by atoms with Gasteiger partial charge in [0.2, 0.25) is 23.8 Å². The Morgan fingerprint density at radius 1 is 1.17 bits per heavy atom. The number of fused-ring (bicyclic) bond motifs is 1. The van der Waals surface area contributed by atoms with E-state index in [9.17, 15) is 23.9 Å². The average Bonchev–Trinajstić information content (AvgIpc) is 3.49. The molecule has 12 heteroatoms. The molecule has 1 aliphatic heterocycles. The van der Waals surface area contributed by atoms with E-state index in [-0.39, 0.29) is 48.2 Å². The minimum Gasteiger partial charge on any atom is -0.481 e. The molecule has 2 N–H and O–H groups in total. The van der Waals surface area contributed by atoms with Gasteiger partial charge in [-0.3, -0.25) is 19.3 Å². The summed E-state index contributed by atoms with van der Waals surface area (Å²) in [4.78, 5) is 46.8. The molecule has 9 nitrogen and oxygen atoms in total. The van der Waals surface area contributed by atoms with Gasteiger partial charge in [0, 0.05) is 29.9 Å². The Morgan fingerprint density at radius 2 is 1.95 bits per heavy atom. The van der Waals surface area contributed by atoms with E-state index in [1.165, 1.54) is 11.0 Å². The first kappa shape index (κ1) is 28.8. The summed E-state index contributed by atoms with van der Waals surface area (Å²) in [7, 11) is 1.64. The zero-order valence-electron chi connectivity index (χ0n) is 22.5. The molecule has 3 heterocycles. The Morgan fingerprint density at radius 3 is 2.69 bits per heavy atom. The molecule has 1 atom stereocenters. The summed E-state index contributed by atoms with van der Waals surface area (Å²) in [5.74, 6) is -1.79. The van der Waals surface area contributed by atoms with E-state index in [0.717, 1.165) is 22.5 Å². The summed E-state index contributed by atoms with van der Waals surface area (Å²) in [5.41, 5.74) is 2.99.